The maximum absolute atomic E-state index is 12.2. The summed E-state index contributed by atoms with van der Waals surface area (Å²) in [7, 11) is 1.57. The SMILES string of the molecule is COCCOc1ccc(C(N)CCC(F)(F)F)cc1Br. The summed E-state index contributed by atoms with van der Waals surface area (Å²) < 4.78 is 47.4. The number of nitrogens with two attached hydrogens (primary N) is 1. The molecule has 0 saturated carbocycles. The number of alkyl halides is 3. The molecule has 0 amide bonds. The van der Waals surface area contributed by atoms with Crippen molar-refractivity contribution in [3.05, 3.63) is 28.2 Å². The molecule has 114 valence electrons. The Hall–Kier alpha value is -0.790. The summed E-state index contributed by atoms with van der Waals surface area (Å²) in [5.41, 5.74) is 6.40. The molecule has 0 aliphatic heterocycles. The Bertz CT molecular complexity index is 427. The van der Waals surface area contributed by atoms with Crippen LogP contribution in [0.3, 0.4) is 0 Å². The Morgan fingerprint density at radius 1 is 1.30 bits per heavy atom. The van der Waals surface area contributed by atoms with Gasteiger partial charge in [-0.25, -0.2) is 0 Å². The van der Waals surface area contributed by atoms with Gasteiger partial charge in [0, 0.05) is 19.6 Å². The highest BCUT2D eigenvalue weighted by Crippen LogP contribution is 2.31. The summed E-state index contributed by atoms with van der Waals surface area (Å²) >= 11 is 3.31. The molecule has 1 unspecified atom stereocenters. The van der Waals surface area contributed by atoms with Crippen molar-refractivity contribution in [2.45, 2.75) is 25.1 Å². The first kappa shape index (κ1) is 17.3. The lowest BCUT2D eigenvalue weighted by atomic mass is 10.0. The maximum Gasteiger partial charge on any atom is 0.389 e. The molecule has 3 nitrogen and oxygen atoms in total. The van der Waals surface area contributed by atoms with E-state index in [1.807, 2.05) is 0 Å². The van der Waals surface area contributed by atoms with Gasteiger partial charge in [0.15, 0.2) is 0 Å². The highest BCUT2D eigenvalue weighted by Gasteiger charge is 2.27. The molecule has 0 bridgehead atoms. The van der Waals surface area contributed by atoms with Gasteiger partial charge >= 0.3 is 6.18 Å². The van der Waals surface area contributed by atoms with Crippen molar-refractivity contribution in [1.82, 2.24) is 0 Å². The smallest absolute Gasteiger partial charge is 0.389 e. The number of halogens is 4. The molecule has 1 rings (SSSR count). The first-order chi connectivity index (χ1) is 9.33. The number of ether oxygens (including phenoxy) is 2. The predicted molar refractivity (Wildman–Crippen MR) is 73.7 cm³/mol. The van der Waals surface area contributed by atoms with Crippen LogP contribution in [0, 0.1) is 0 Å². The van der Waals surface area contributed by atoms with E-state index >= 15 is 0 Å². The molecule has 20 heavy (non-hydrogen) atoms. The summed E-state index contributed by atoms with van der Waals surface area (Å²) in [6.45, 7) is 0.855. The van der Waals surface area contributed by atoms with Crippen LogP contribution in [0.5, 0.6) is 5.75 Å². The topological polar surface area (TPSA) is 44.5 Å². The zero-order valence-corrected chi connectivity index (χ0v) is 12.6. The summed E-state index contributed by atoms with van der Waals surface area (Å²) in [6.07, 6.45) is -5.21. The van der Waals surface area contributed by atoms with Gasteiger partial charge in [-0.05, 0) is 40.0 Å². The fourth-order valence-electron chi connectivity index (χ4n) is 1.59. The molecular formula is C13H17BrF3NO2. The Kier molecular flexibility index (Phi) is 6.78. The van der Waals surface area contributed by atoms with Crippen LogP contribution in [-0.2, 0) is 4.74 Å². The van der Waals surface area contributed by atoms with E-state index in [-0.39, 0.29) is 6.42 Å². The fraction of sp³-hybridized carbons (Fsp3) is 0.538. The Labute approximate surface area is 124 Å². The largest absolute Gasteiger partial charge is 0.490 e. The predicted octanol–water partition coefficient (Wildman–Crippen LogP) is 3.82. The molecule has 0 radical (unpaired) electrons. The fourth-order valence-corrected chi connectivity index (χ4v) is 2.10. The molecule has 2 N–H and O–H groups in total. The van der Waals surface area contributed by atoms with Gasteiger partial charge in [-0.1, -0.05) is 6.07 Å². The molecule has 1 aromatic rings. The van der Waals surface area contributed by atoms with Gasteiger partial charge in [-0.15, -0.1) is 0 Å². The van der Waals surface area contributed by atoms with E-state index in [4.69, 9.17) is 15.2 Å². The van der Waals surface area contributed by atoms with E-state index in [0.29, 0.717) is 29.0 Å². The first-order valence-corrected chi connectivity index (χ1v) is 6.86. The molecule has 0 spiro atoms. The monoisotopic (exact) mass is 355 g/mol. The van der Waals surface area contributed by atoms with Crippen LogP contribution in [0.4, 0.5) is 13.2 Å². The Morgan fingerprint density at radius 2 is 2.00 bits per heavy atom. The molecule has 7 heteroatoms. The van der Waals surface area contributed by atoms with Crippen molar-refractivity contribution in [2.75, 3.05) is 20.3 Å². The van der Waals surface area contributed by atoms with Crippen molar-refractivity contribution in [1.29, 1.82) is 0 Å². The third-order valence-electron chi connectivity index (χ3n) is 2.67. The Balaban J connectivity index is 2.61. The third kappa shape index (κ3) is 6.11. The lowest BCUT2D eigenvalue weighted by Gasteiger charge is -2.15. The van der Waals surface area contributed by atoms with Gasteiger partial charge in [0.25, 0.3) is 0 Å². The lowest BCUT2D eigenvalue weighted by Crippen LogP contribution is -2.16. The second-order valence-corrected chi connectivity index (χ2v) is 5.15. The molecule has 0 fully saturated rings. The molecule has 1 atom stereocenters. The van der Waals surface area contributed by atoms with Crippen LogP contribution in [0.1, 0.15) is 24.4 Å². The van der Waals surface area contributed by atoms with Gasteiger partial charge in [-0.2, -0.15) is 13.2 Å². The van der Waals surface area contributed by atoms with Crippen molar-refractivity contribution in [3.63, 3.8) is 0 Å². The van der Waals surface area contributed by atoms with Gasteiger partial charge in [-0.3, -0.25) is 0 Å². The van der Waals surface area contributed by atoms with Crippen LogP contribution in [0.25, 0.3) is 0 Å². The zero-order valence-electron chi connectivity index (χ0n) is 11.0. The number of methoxy groups -OCH3 is 1. The highest BCUT2D eigenvalue weighted by molar-refractivity contribution is 9.10. The molecule has 0 aliphatic carbocycles. The van der Waals surface area contributed by atoms with E-state index in [1.54, 1.807) is 25.3 Å². The average molecular weight is 356 g/mol. The van der Waals surface area contributed by atoms with Crippen molar-refractivity contribution in [3.8, 4) is 5.75 Å². The van der Waals surface area contributed by atoms with Crippen LogP contribution in [0.15, 0.2) is 22.7 Å². The van der Waals surface area contributed by atoms with Gasteiger partial charge < -0.3 is 15.2 Å². The van der Waals surface area contributed by atoms with E-state index in [9.17, 15) is 13.2 Å². The second-order valence-electron chi connectivity index (χ2n) is 4.29. The lowest BCUT2D eigenvalue weighted by molar-refractivity contribution is -0.136. The van der Waals surface area contributed by atoms with Crippen LogP contribution in [0.2, 0.25) is 0 Å². The van der Waals surface area contributed by atoms with Crippen molar-refractivity contribution < 1.29 is 22.6 Å². The quantitative estimate of drug-likeness (QED) is 0.756. The molecule has 1 aromatic carbocycles. The summed E-state index contributed by atoms with van der Waals surface area (Å²) in [6, 6.07) is 4.39. The first-order valence-electron chi connectivity index (χ1n) is 6.07. The number of hydrogen-bond acceptors (Lipinski definition) is 3. The van der Waals surface area contributed by atoms with E-state index < -0.39 is 18.6 Å². The van der Waals surface area contributed by atoms with E-state index in [1.165, 1.54) is 0 Å². The summed E-state index contributed by atoms with van der Waals surface area (Å²) in [4.78, 5) is 0. The molecule has 0 heterocycles. The van der Waals surface area contributed by atoms with E-state index in [2.05, 4.69) is 15.9 Å². The third-order valence-corrected chi connectivity index (χ3v) is 3.29. The molecular weight excluding hydrogens is 339 g/mol. The maximum atomic E-state index is 12.2. The zero-order chi connectivity index (χ0) is 15.2. The minimum Gasteiger partial charge on any atom is -0.490 e. The summed E-state index contributed by atoms with van der Waals surface area (Å²) in [5.74, 6) is 0.605. The minimum absolute atomic E-state index is 0.139. The number of rotatable bonds is 7. The van der Waals surface area contributed by atoms with Gasteiger partial charge in [0.2, 0.25) is 0 Å². The van der Waals surface area contributed by atoms with Crippen LogP contribution >= 0.6 is 15.9 Å². The molecule has 0 aliphatic rings. The highest BCUT2D eigenvalue weighted by atomic mass is 79.9. The summed E-state index contributed by atoms with van der Waals surface area (Å²) in [5, 5.41) is 0. The van der Waals surface area contributed by atoms with Crippen molar-refractivity contribution >= 4 is 15.9 Å². The van der Waals surface area contributed by atoms with Crippen molar-refractivity contribution in [2.24, 2.45) is 5.73 Å². The number of benzene rings is 1. The normalized spacial score (nSPS) is 13.3. The van der Waals surface area contributed by atoms with Crippen LogP contribution in [-0.4, -0.2) is 26.5 Å². The molecule has 0 aromatic heterocycles. The molecule has 0 saturated heterocycles. The van der Waals surface area contributed by atoms with E-state index in [0.717, 1.165) is 0 Å². The number of hydrogen-bond donors (Lipinski definition) is 1. The standard InChI is InChI=1S/C13H17BrF3NO2/c1-19-6-7-20-12-3-2-9(8-10(12)14)11(18)4-5-13(15,16)17/h2-3,8,11H,4-7,18H2,1H3. The minimum atomic E-state index is -4.18. The Morgan fingerprint density at radius 3 is 2.55 bits per heavy atom. The van der Waals surface area contributed by atoms with Gasteiger partial charge in [0.05, 0.1) is 11.1 Å². The average Bonchev–Trinajstić information content (AvgIpc) is 2.37. The second kappa shape index (κ2) is 7.85. The van der Waals surface area contributed by atoms with Gasteiger partial charge in [0.1, 0.15) is 12.4 Å². The van der Waals surface area contributed by atoms with Crippen LogP contribution < -0.4 is 10.5 Å².